The molecule has 2 aromatic rings. The SMILES string of the molecule is NCc1ccccc1CNCCc1ccccc1. The summed E-state index contributed by atoms with van der Waals surface area (Å²) >= 11 is 0. The summed E-state index contributed by atoms with van der Waals surface area (Å²) in [7, 11) is 0. The van der Waals surface area contributed by atoms with E-state index in [4.69, 9.17) is 5.73 Å². The van der Waals surface area contributed by atoms with Crippen LogP contribution < -0.4 is 11.1 Å². The van der Waals surface area contributed by atoms with Gasteiger partial charge < -0.3 is 11.1 Å². The highest BCUT2D eigenvalue weighted by Gasteiger charge is 1.99. The zero-order valence-corrected chi connectivity index (χ0v) is 10.6. The van der Waals surface area contributed by atoms with Gasteiger partial charge in [-0.25, -0.2) is 0 Å². The number of nitrogens with two attached hydrogens (primary N) is 1. The van der Waals surface area contributed by atoms with E-state index in [-0.39, 0.29) is 0 Å². The Kier molecular flexibility index (Phi) is 4.94. The largest absolute Gasteiger partial charge is 0.326 e. The second-order valence-corrected chi connectivity index (χ2v) is 4.39. The Hall–Kier alpha value is -1.64. The molecule has 0 fully saturated rings. The van der Waals surface area contributed by atoms with Crippen molar-refractivity contribution in [3.05, 3.63) is 71.3 Å². The van der Waals surface area contributed by atoms with E-state index in [0.717, 1.165) is 19.5 Å². The average Bonchev–Trinajstić information content (AvgIpc) is 2.45. The Morgan fingerprint density at radius 2 is 1.50 bits per heavy atom. The zero-order valence-electron chi connectivity index (χ0n) is 10.6. The fourth-order valence-corrected chi connectivity index (χ4v) is 2.03. The van der Waals surface area contributed by atoms with E-state index in [0.29, 0.717) is 6.54 Å². The fraction of sp³-hybridized carbons (Fsp3) is 0.250. The lowest BCUT2D eigenvalue weighted by atomic mass is 10.1. The van der Waals surface area contributed by atoms with Crippen LogP contribution >= 0.6 is 0 Å². The van der Waals surface area contributed by atoms with E-state index >= 15 is 0 Å². The summed E-state index contributed by atoms with van der Waals surface area (Å²) in [6.07, 6.45) is 1.06. The quantitative estimate of drug-likeness (QED) is 0.761. The van der Waals surface area contributed by atoms with Crippen molar-refractivity contribution in [2.45, 2.75) is 19.5 Å². The van der Waals surface area contributed by atoms with Crippen LogP contribution in [0.5, 0.6) is 0 Å². The Balaban J connectivity index is 1.78. The first-order valence-corrected chi connectivity index (χ1v) is 6.41. The maximum absolute atomic E-state index is 5.72. The number of nitrogens with one attached hydrogen (secondary N) is 1. The molecule has 2 heteroatoms. The van der Waals surface area contributed by atoms with E-state index in [9.17, 15) is 0 Å². The number of hydrogen-bond acceptors (Lipinski definition) is 2. The average molecular weight is 240 g/mol. The van der Waals surface area contributed by atoms with Crippen LogP contribution in [0.3, 0.4) is 0 Å². The van der Waals surface area contributed by atoms with Gasteiger partial charge in [0.15, 0.2) is 0 Å². The van der Waals surface area contributed by atoms with Gasteiger partial charge in [0.2, 0.25) is 0 Å². The first kappa shape index (κ1) is 12.8. The van der Waals surface area contributed by atoms with E-state index < -0.39 is 0 Å². The minimum absolute atomic E-state index is 0.608. The first-order chi connectivity index (χ1) is 8.90. The molecule has 2 aromatic carbocycles. The Morgan fingerprint density at radius 1 is 0.833 bits per heavy atom. The van der Waals surface area contributed by atoms with Crippen molar-refractivity contribution < 1.29 is 0 Å². The number of rotatable bonds is 6. The molecule has 0 saturated carbocycles. The molecule has 0 spiro atoms. The summed E-state index contributed by atoms with van der Waals surface area (Å²) in [5, 5.41) is 3.47. The van der Waals surface area contributed by atoms with Gasteiger partial charge in [0.05, 0.1) is 0 Å². The molecule has 0 bridgehead atoms. The summed E-state index contributed by atoms with van der Waals surface area (Å²) in [6.45, 7) is 2.49. The Morgan fingerprint density at radius 3 is 2.22 bits per heavy atom. The smallest absolute Gasteiger partial charge is 0.0208 e. The Bertz CT molecular complexity index is 466. The topological polar surface area (TPSA) is 38.0 Å². The van der Waals surface area contributed by atoms with Gasteiger partial charge in [-0.2, -0.15) is 0 Å². The first-order valence-electron chi connectivity index (χ1n) is 6.41. The summed E-state index contributed by atoms with van der Waals surface area (Å²) in [6, 6.07) is 18.9. The predicted molar refractivity (Wildman–Crippen MR) is 76.2 cm³/mol. The number of benzene rings is 2. The zero-order chi connectivity index (χ0) is 12.6. The highest BCUT2D eigenvalue weighted by atomic mass is 14.8. The molecule has 0 aromatic heterocycles. The highest BCUT2D eigenvalue weighted by Crippen LogP contribution is 2.07. The molecule has 94 valence electrons. The van der Waals surface area contributed by atoms with Crippen LogP contribution in [0.2, 0.25) is 0 Å². The standard InChI is InChI=1S/C16H20N2/c17-12-15-8-4-5-9-16(15)13-18-11-10-14-6-2-1-3-7-14/h1-9,18H,10-13,17H2. The molecule has 3 N–H and O–H groups in total. The van der Waals surface area contributed by atoms with Gasteiger partial charge in [-0.3, -0.25) is 0 Å². The summed E-state index contributed by atoms with van der Waals surface area (Å²) in [4.78, 5) is 0. The third kappa shape index (κ3) is 3.69. The maximum atomic E-state index is 5.72. The predicted octanol–water partition coefficient (Wildman–Crippen LogP) is 2.48. The van der Waals surface area contributed by atoms with Gasteiger partial charge in [0, 0.05) is 13.1 Å². The van der Waals surface area contributed by atoms with E-state index in [1.807, 2.05) is 6.07 Å². The highest BCUT2D eigenvalue weighted by molar-refractivity contribution is 5.26. The molecule has 0 unspecified atom stereocenters. The summed E-state index contributed by atoms with van der Waals surface area (Å²) in [5.74, 6) is 0. The molecule has 0 aliphatic heterocycles. The van der Waals surface area contributed by atoms with Gasteiger partial charge in [-0.1, -0.05) is 54.6 Å². The van der Waals surface area contributed by atoms with Crippen LogP contribution in [-0.2, 0) is 19.5 Å². The molecule has 0 heterocycles. The summed E-state index contributed by atoms with van der Waals surface area (Å²) in [5.41, 5.74) is 9.62. The number of hydrogen-bond donors (Lipinski definition) is 2. The van der Waals surface area contributed by atoms with Gasteiger partial charge in [0.1, 0.15) is 0 Å². The molecule has 0 saturated heterocycles. The van der Waals surface area contributed by atoms with Gasteiger partial charge in [-0.15, -0.1) is 0 Å². The van der Waals surface area contributed by atoms with E-state index in [1.165, 1.54) is 16.7 Å². The molecule has 0 amide bonds. The molecular weight excluding hydrogens is 220 g/mol. The molecule has 2 rings (SSSR count). The van der Waals surface area contributed by atoms with Crippen molar-refractivity contribution in [2.75, 3.05) is 6.54 Å². The lowest BCUT2D eigenvalue weighted by molar-refractivity contribution is 0.682. The lowest BCUT2D eigenvalue weighted by Gasteiger charge is -2.09. The minimum atomic E-state index is 0.608. The van der Waals surface area contributed by atoms with Gasteiger partial charge in [0.25, 0.3) is 0 Å². The molecular formula is C16H20N2. The van der Waals surface area contributed by atoms with E-state index in [2.05, 4.69) is 53.8 Å². The van der Waals surface area contributed by atoms with Crippen molar-refractivity contribution in [3.8, 4) is 0 Å². The van der Waals surface area contributed by atoms with Crippen LogP contribution in [-0.4, -0.2) is 6.54 Å². The van der Waals surface area contributed by atoms with Crippen molar-refractivity contribution in [1.29, 1.82) is 0 Å². The van der Waals surface area contributed by atoms with Crippen molar-refractivity contribution >= 4 is 0 Å². The van der Waals surface area contributed by atoms with Gasteiger partial charge >= 0.3 is 0 Å². The fourth-order valence-electron chi connectivity index (χ4n) is 2.03. The lowest BCUT2D eigenvalue weighted by Crippen LogP contribution is -2.18. The van der Waals surface area contributed by atoms with Crippen LogP contribution in [0.15, 0.2) is 54.6 Å². The monoisotopic (exact) mass is 240 g/mol. The normalized spacial score (nSPS) is 10.5. The van der Waals surface area contributed by atoms with Crippen molar-refractivity contribution in [2.24, 2.45) is 5.73 Å². The molecule has 18 heavy (non-hydrogen) atoms. The molecule has 2 nitrogen and oxygen atoms in total. The minimum Gasteiger partial charge on any atom is -0.326 e. The third-order valence-electron chi connectivity index (χ3n) is 3.09. The molecule has 0 atom stereocenters. The van der Waals surface area contributed by atoms with Crippen LogP contribution in [0.25, 0.3) is 0 Å². The molecule has 0 aliphatic rings. The van der Waals surface area contributed by atoms with Crippen LogP contribution in [0.1, 0.15) is 16.7 Å². The second-order valence-electron chi connectivity index (χ2n) is 4.39. The second kappa shape index (κ2) is 6.94. The van der Waals surface area contributed by atoms with Gasteiger partial charge in [-0.05, 0) is 29.7 Å². The third-order valence-corrected chi connectivity index (χ3v) is 3.09. The van der Waals surface area contributed by atoms with E-state index in [1.54, 1.807) is 0 Å². The summed E-state index contributed by atoms with van der Waals surface area (Å²) < 4.78 is 0. The van der Waals surface area contributed by atoms with Crippen molar-refractivity contribution in [3.63, 3.8) is 0 Å². The van der Waals surface area contributed by atoms with Crippen molar-refractivity contribution in [1.82, 2.24) is 5.32 Å². The van der Waals surface area contributed by atoms with Crippen LogP contribution in [0.4, 0.5) is 0 Å². The van der Waals surface area contributed by atoms with Crippen LogP contribution in [0, 0.1) is 0 Å². The maximum Gasteiger partial charge on any atom is 0.0208 e. The Labute approximate surface area is 109 Å². The molecule has 0 radical (unpaired) electrons. The molecule has 0 aliphatic carbocycles.